The highest BCUT2D eigenvalue weighted by Gasteiger charge is 2.16. The molecule has 84 valence electrons. The zero-order chi connectivity index (χ0) is 11.6. The molecule has 0 radical (unpaired) electrons. The monoisotopic (exact) mass is 232 g/mol. The molecule has 1 rings (SSSR count). The highest BCUT2D eigenvalue weighted by Crippen LogP contribution is 2.17. The van der Waals surface area contributed by atoms with Gasteiger partial charge in [-0.05, 0) is 20.2 Å². The average molecular weight is 232 g/mol. The Morgan fingerprint density at radius 1 is 1.40 bits per heavy atom. The average Bonchev–Trinajstić information content (AvgIpc) is 2.05. The van der Waals surface area contributed by atoms with Gasteiger partial charge in [-0.25, -0.2) is 17.9 Å². The standard InChI is InChI=1S/C9H13FN2O2S/c1-12(2)6-7-4-3-5-8(9(7)10)15(11,13)14/h3-5H,6H2,1-2H3,(H2,11,13,14). The van der Waals surface area contributed by atoms with Crippen LogP contribution in [0, 0.1) is 5.82 Å². The van der Waals surface area contributed by atoms with Crippen molar-refractivity contribution in [3.63, 3.8) is 0 Å². The lowest BCUT2D eigenvalue weighted by molar-refractivity contribution is 0.390. The van der Waals surface area contributed by atoms with E-state index in [0.717, 1.165) is 6.07 Å². The topological polar surface area (TPSA) is 63.4 Å². The first-order valence-corrected chi connectivity index (χ1v) is 5.82. The van der Waals surface area contributed by atoms with Gasteiger partial charge in [0.25, 0.3) is 0 Å². The Bertz CT molecular complexity index is 457. The largest absolute Gasteiger partial charge is 0.305 e. The lowest BCUT2D eigenvalue weighted by Gasteiger charge is -2.11. The molecule has 0 aliphatic heterocycles. The highest BCUT2D eigenvalue weighted by molar-refractivity contribution is 7.89. The number of hydrogen-bond acceptors (Lipinski definition) is 3. The van der Waals surface area contributed by atoms with Crippen LogP contribution in [0.4, 0.5) is 4.39 Å². The molecular formula is C9H13FN2O2S. The van der Waals surface area contributed by atoms with Gasteiger partial charge in [0.1, 0.15) is 10.7 Å². The van der Waals surface area contributed by atoms with Gasteiger partial charge < -0.3 is 4.90 Å². The van der Waals surface area contributed by atoms with Crippen molar-refractivity contribution >= 4 is 10.0 Å². The predicted octanol–water partition coefficient (Wildman–Crippen LogP) is 0.535. The van der Waals surface area contributed by atoms with Gasteiger partial charge in [0.05, 0.1) is 0 Å². The number of rotatable bonds is 3. The maximum absolute atomic E-state index is 13.6. The van der Waals surface area contributed by atoms with Crippen LogP contribution in [0.15, 0.2) is 23.1 Å². The molecule has 0 bridgehead atoms. The molecule has 0 saturated carbocycles. The van der Waals surface area contributed by atoms with Crippen LogP contribution < -0.4 is 5.14 Å². The first-order valence-electron chi connectivity index (χ1n) is 4.27. The van der Waals surface area contributed by atoms with Crippen LogP contribution in [0.25, 0.3) is 0 Å². The summed E-state index contributed by atoms with van der Waals surface area (Å²) in [5, 5.41) is 4.88. The fourth-order valence-corrected chi connectivity index (χ4v) is 1.89. The van der Waals surface area contributed by atoms with E-state index in [4.69, 9.17) is 5.14 Å². The highest BCUT2D eigenvalue weighted by atomic mass is 32.2. The van der Waals surface area contributed by atoms with E-state index in [1.54, 1.807) is 19.0 Å². The van der Waals surface area contributed by atoms with Crippen molar-refractivity contribution in [1.29, 1.82) is 0 Å². The van der Waals surface area contributed by atoms with Crippen molar-refractivity contribution in [1.82, 2.24) is 4.90 Å². The number of nitrogens with zero attached hydrogens (tertiary/aromatic N) is 1. The van der Waals surface area contributed by atoms with Crippen LogP contribution in [0.1, 0.15) is 5.56 Å². The molecular weight excluding hydrogens is 219 g/mol. The molecule has 0 saturated heterocycles. The van der Waals surface area contributed by atoms with E-state index in [1.807, 2.05) is 0 Å². The van der Waals surface area contributed by atoms with Gasteiger partial charge >= 0.3 is 0 Å². The molecule has 0 aromatic heterocycles. The smallest absolute Gasteiger partial charge is 0.240 e. The number of hydrogen-bond donors (Lipinski definition) is 1. The van der Waals surface area contributed by atoms with Crippen molar-refractivity contribution in [2.45, 2.75) is 11.4 Å². The summed E-state index contributed by atoms with van der Waals surface area (Å²) in [6.45, 7) is 0.329. The Kier molecular flexibility index (Phi) is 3.43. The number of benzene rings is 1. The van der Waals surface area contributed by atoms with Gasteiger partial charge in [-0.2, -0.15) is 0 Å². The van der Waals surface area contributed by atoms with Gasteiger partial charge in [0.15, 0.2) is 0 Å². The Hall–Kier alpha value is -0.980. The minimum atomic E-state index is -3.99. The molecule has 1 aromatic rings. The summed E-state index contributed by atoms with van der Waals surface area (Å²) in [4.78, 5) is 1.28. The van der Waals surface area contributed by atoms with Crippen molar-refractivity contribution in [3.05, 3.63) is 29.6 Å². The molecule has 6 heteroatoms. The summed E-state index contributed by atoms with van der Waals surface area (Å²) >= 11 is 0. The van der Waals surface area contributed by atoms with Gasteiger partial charge in [0.2, 0.25) is 10.0 Å². The third-order valence-corrected chi connectivity index (χ3v) is 2.76. The van der Waals surface area contributed by atoms with Crippen molar-refractivity contribution < 1.29 is 12.8 Å². The van der Waals surface area contributed by atoms with Gasteiger partial charge in [-0.3, -0.25) is 0 Å². The summed E-state index contributed by atoms with van der Waals surface area (Å²) in [5.41, 5.74) is 0.312. The summed E-state index contributed by atoms with van der Waals surface area (Å²) in [5.74, 6) is -0.770. The Morgan fingerprint density at radius 2 is 2.00 bits per heavy atom. The molecule has 0 amide bonds. The van der Waals surface area contributed by atoms with Crippen LogP contribution in [0.2, 0.25) is 0 Å². The number of primary sulfonamides is 1. The van der Waals surface area contributed by atoms with E-state index in [0.29, 0.717) is 12.1 Å². The zero-order valence-electron chi connectivity index (χ0n) is 8.57. The first-order chi connectivity index (χ1) is 6.82. The quantitative estimate of drug-likeness (QED) is 0.827. The summed E-state index contributed by atoms with van der Waals surface area (Å²) in [7, 11) is -0.451. The molecule has 4 nitrogen and oxygen atoms in total. The molecule has 1 aromatic carbocycles. The maximum atomic E-state index is 13.6. The molecule has 0 aliphatic carbocycles. The molecule has 0 atom stereocenters. The molecule has 0 aliphatic rings. The second-order valence-electron chi connectivity index (χ2n) is 3.51. The second-order valence-corrected chi connectivity index (χ2v) is 5.04. The fraction of sp³-hybridized carbons (Fsp3) is 0.333. The number of sulfonamides is 1. The van der Waals surface area contributed by atoms with Gasteiger partial charge in [0, 0.05) is 12.1 Å². The predicted molar refractivity (Wildman–Crippen MR) is 55.2 cm³/mol. The SMILES string of the molecule is CN(C)Cc1cccc(S(N)(=O)=O)c1F. The van der Waals surface area contributed by atoms with Crippen LogP contribution in [-0.2, 0) is 16.6 Å². The van der Waals surface area contributed by atoms with E-state index < -0.39 is 20.7 Å². The zero-order valence-corrected chi connectivity index (χ0v) is 9.38. The van der Waals surface area contributed by atoms with Crippen molar-refractivity contribution in [2.24, 2.45) is 5.14 Å². The van der Waals surface area contributed by atoms with E-state index in [1.165, 1.54) is 12.1 Å². The molecule has 0 fully saturated rings. The normalized spacial score (nSPS) is 12.1. The molecule has 2 N–H and O–H groups in total. The van der Waals surface area contributed by atoms with Crippen molar-refractivity contribution in [3.8, 4) is 0 Å². The molecule has 15 heavy (non-hydrogen) atoms. The van der Waals surface area contributed by atoms with Crippen LogP contribution in [-0.4, -0.2) is 27.4 Å². The summed E-state index contributed by atoms with van der Waals surface area (Å²) < 4.78 is 35.7. The second kappa shape index (κ2) is 4.26. The van der Waals surface area contributed by atoms with Gasteiger partial charge in [-0.1, -0.05) is 12.1 Å². The minimum Gasteiger partial charge on any atom is -0.305 e. The first kappa shape index (κ1) is 12.1. The Morgan fingerprint density at radius 3 is 2.47 bits per heavy atom. The van der Waals surface area contributed by atoms with E-state index in [-0.39, 0.29) is 0 Å². The molecule has 0 spiro atoms. The molecule has 0 heterocycles. The lowest BCUT2D eigenvalue weighted by atomic mass is 10.2. The van der Waals surface area contributed by atoms with Crippen LogP contribution >= 0.6 is 0 Å². The minimum absolute atomic E-state index is 0.312. The third kappa shape index (κ3) is 2.98. The summed E-state index contributed by atoms with van der Waals surface area (Å²) in [6, 6.07) is 4.16. The number of halogens is 1. The summed E-state index contributed by atoms with van der Waals surface area (Å²) in [6.07, 6.45) is 0. The lowest BCUT2D eigenvalue weighted by Crippen LogP contribution is -2.17. The maximum Gasteiger partial charge on any atom is 0.240 e. The van der Waals surface area contributed by atoms with Crippen LogP contribution in [0.5, 0.6) is 0 Å². The molecule has 0 unspecified atom stereocenters. The van der Waals surface area contributed by atoms with Gasteiger partial charge in [-0.15, -0.1) is 0 Å². The van der Waals surface area contributed by atoms with E-state index in [9.17, 15) is 12.8 Å². The van der Waals surface area contributed by atoms with Crippen molar-refractivity contribution in [2.75, 3.05) is 14.1 Å². The van der Waals surface area contributed by atoms with E-state index >= 15 is 0 Å². The Balaban J connectivity index is 3.24. The fourth-order valence-electron chi connectivity index (χ4n) is 1.24. The third-order valence-electron chi connectivity index (χ3n) is 1.84. The Labute approximate surface area is 88.6 Å². The van der Waals surface area contributed by atoms with Crippen LogP contribution in [0.3, 0.4) is 0 Å². The number of nitrogens with two attached hydrogens (primary N) is 1. The van der Waals surface area contributed by atoms with E-state index in [2.05, 4.69) is 0 Å².